The summed E-state index contributed by atoms with van der Waals surface area (Å²) < 4.78 is 1.13. The highest BCUT2D eigenvalue weighted by Crippen LogP contribution is 2.27. The highest BCUT2D eigenvalue weighted by atomic mass is 79.9. The van der Waals surface area contributed by atoms with Crippen LogP contribution in [0.5, 0.6) is 0 Å². The number of nitrogens with zero attached hydrogens (tertiary/aromatic N) is 1. The summed E-state index contributed by atoms with van der Waals surface area (Å²) in [5.74, 6) is 0. The highest BCUT2D eigenvalue weighted by Gasteiger charge is 2.17. The fourth-order valence-corrected chi connectivity index (χ4v) is 3.50. The molecule has 19 heavy (non-hydrogen) atoms. The Hall–Kier alpha value is -0.710. The molecule has 1 unspecified atom stereocenters. The molecule has 1 heterocycles. The molecule has 0 saturated carbocycles. The van der Waals surface area contributed by atoms with Crippen molar-refractivity contribution >= 4 is 27.3 Å². The minimum atomic E-state index is 0.359. The third kappa shape index (κ3) is 3.88. The van der Waals surface area contributed by atoms with E-state index in [1.807, 2.05) is 0 Å². The van der Waals surface area contributed by atoms with E-state index in [0.717, 1.165) is 28.1 Å². The van der Waals surface area contributed by atoms with Crippen LogP contribution in [0.25, 0.3) is 0 Å². The minimum absolute atomic E-state index is 0.359. The van der Waals surface area contributed by atoms with Gasteiger partial charge in [0, 0.05) is 15.4 Å². The first-order valence-electron chi connectivity index (χ1n) is 6.52. The van der Waals surface area contributed by atoms with Crippen LogP contribution in [0.1, 0.15) is 34.1 Å². The third-order valence-electron chi connectivity index (χ3n) is 3.06. The fraction of sp³-hybridized carbons (Fsp3) is 0.400. The van der Waals surface area contributed by atoms with Gasteiger partial charge in [-0.25, -0.2) is 4.98 Å². The predicted octanol–water partition coefficient (Wildman–Crippen LogP) is 4.42. The Balaban J connectivity index is 2.20. The number of thiazole rings is 1. The molecule has 0 spiro atoms. The van der Waals surface area contributed by atoms with Crippen LogP contribution in [0.2, 0.25) is 0 Å². The van der Waals surface area contributed by atoms with E-state index in [1.165, 1.54) is 10.4 Å². The SMILES string of the molecule is CCNC(Cc1ccc(Br)cc1)c1sc(C)nc1C. The molecule has 0 aliphatic rings. The first-order valence-corrected chi connectivity index (χ1v) is 8.13. The summed E-state index contributed by atoms with van der Waals surface area (Å²) in [7, 11) is 0. The molecule has 2 rings (SSSR count). The zero-order valence-electron chi connectivity index (χ0n) is 11.5. The number of nitrogens with one attached hydrogen (secondary N) is 1. The molecule has 1 aromatic carbocycles. The first-order chi connectivity index (χ1) is 9.10. The van der Waals surface area contributed by atoms with Crippen molar-refractivity contribution in [3.63, 3.8) is 0 Å². The number of aromatic nitrogens is 1. The highest BCUT2D eigenvalue weighted by molar-refractivity contribution is 9.10. The third-order valence-corrected chi connectivity index (χ3v) is 4.77. The second-order valence-corrected chi connectivity index (χ2v) is 6.77. The van der Waals surface area contributed by atoms with Gasteiger partial charge in [0.05, 0.1) is 10.7 Å². The monoisotopic (exact) mass is 338 g/mol. The molecule has 0 aliphatic heterocycles. The summed E-state index contributed by atoms with van der Waals surface area (Å²) >= 11 is 5.28. The topological polar surface area (TPSA) is 24.9 Å². The van der Waals surface area contributed by atoms with E-state index in [2.05, 4.69) is 71.3 Å². The number of aryl methyl sites for hydroxylation is 2. The second-order valence-electron chi connectivity index (χ2n) is 4.62. The number of hydrogen-bond donors (Lipinski definition) is 1. The molecule has 4 heteroatoms. The molecule has 1 N–H and O–H groups in total. The Morgan fingerprint density at radius 1 is 1.26 bits per heavy atom. The molecular formula is C15H19BrN2S. The van der Waals surface area contributed by atoms with Crippen molar-refractivity contribution in [3.8, 4) is 0 Å². The summed E-state index contributed by atoms with van der Waals surface area (Å²) in [5, 5.41) is 4.72. The van der Waals surface area contributed by atoms with Gasteiger partial charge in [0.25, 0.3) is 0 Å². The smallest absolute Gasteiger partial charge is 0.0900 e. The van der Waals surface area contributed by atoms with Crippen LogP contribution >= 0.6 is 27.3 Å². The van der Waals surface area contributed by atoms with E-state index >= 15 is 0 Å². The summed E-state index contributed by atoms with van der Waals surface area (Å²) in [5.41, 5.74) is 2.50. The van der Waals surface area contributed by atoms with Gasteiger partial charge in [0.15, 0.2) is 0 Å². The quantitative estimate of drug-likeness (QED) is 0.872. The number of halogens is 1. The summed E-state index contributed by atoms with van der Waals surface area (Å²) in [6.45, 7) is 7.30. The molecule has 0 saturated heterocycles. The maximum atomic E-state index is 4.54. The fourth-order valence-electron chi connectivity index (χ4n) is 2.23. The van der Waals surface area contributed by atoms with E-state index in [-0.39, 0.29) is 0 Å². The van der Waals surface area contributed by atoms with Crippen molar-refractivity contribution in [1.82, 2.24) is 10.3 Å². The van der Waals surface area contributed by atoms with Crippen molar-refractivity contribution < 1.29 is 0 Å². The molecule has 102 valence electrons. The van der Waals surface area contributed by atoms with Crippen LogP contribution in [0.15, 0.2) is 28.7 Å². The Morgan fingerprint density at radius 3 is 2.47 bits per heavy atom. The van der Waals surface area contributed by atoms with E-state index in [4.69, 9.17) is 0 Å². The summed E-state index contributed by atoms with van der Waals surface area (Å²) in [6.07, 6.45) is 1.00. The predicted molar refractivity (Wildman–Crippen MR) is 85.9 cm³/mol. The van der Waals surface area contributed by atoms with Crippen molar-refractivity contribution in [2.75, 3.05) is 6.54 Å². The van der Waals surface area contributed by atoms with Crippen molar-refractivity contribution in [3.05, 3.63) is 49.9 Å². The molecule has 0 radical (unpaired) electrons. The summed E-state index contributed by atoms with van der Waals surface area (Å²) in [6, 6.07) is 8.92. The lowest BCUT2D eigenvalue weighted by molar-refractivity contribution is 0.555. The van der Waals surface area contributed by atoms with E-state index in [1.54, 1.807) is 11.3 Å². The lowest BCUT2D eigenvalue weighted by Crippen LogP contribution is -2.22. The molecular weight excluding hydrogens is 320 g/mol. The molecule has 0 fully saturated rings. The second kappa shape index (κ2) is 6.64. The van der Waals surface area contributed by atoms with Crippen LogP contribution in [0.3, 0.4) is 0 Å². The number of hydrogen-bond acceptors (Lipinski definition) is 3. The largest absolute Gasteiger partial charge is 0.309 e. The normalized spacial score (nSPS) is 12.6. The molecule has 0 amide bonds. The van der Waals surface area contributed by atoms with Crippen molar-refractivity contribution in [1.29, 1.82) is 0 Å². The Labute approximate surface area is 127 Å². The van der Waals surface area contributed by atoms with Gasteiger partial charge in [-0.05, 0) is 44.5 Å². The maximum absolute atomic E-state index is 4.54. The number of benzene rings is 1. The van der Waals surface area contributed by atoms with Crippen LogP contribution in [-0.2, 0) is 6.42 Å². The Bertz CT molecular complexity index is 534. The van der Waals surface area contributed by atoms with E-state index in [9.17, 15) is 0 Å². The van der Waals surface area contributed by atoms with Crippen LogP contribution < -0.4 is 5.32 Å². The van der Waals surface area contributed by atoms with Crippen LogP contribution in [-0.4, -0.2) is 11.5 Å². The van der Waals surface area contributed by atoms with Crippen molar-refractivity contribution in [2.24, 2.45) is 0 Å². The Morgan fingerprint density at radius 2 is 1.95 bits per heavy atom. The molecule has 2 nitrogen and oxygen atoms in total. The molecule has 1 aromatic heterocycles. The van der Waals surface area contributed by atoms with Crippen LogP contribution in [0, 0.1) is 13.8 Å². The lowest BCUT2D eigenvalue weighted by atomic mass is 10.0. The zero-order chi connectivity index (χ0) is 13.8. The van der Waals surface area contributed by atoms with Gasteiger partial charge in [-0.15, -0.1) is 11.3 Å². The number of rotatable bonds is 5. The zero-order valence-corrected chi connectivity index (χ0v) is 13.9. The number of likely N-dealkylation sites (N-methyl/N-ethyl adjacent to an activating group) is 1. The van der Waals surface area contributed by atoms with Crippen LogP contribution in [0.4, 0.5) is 0 Å². The van der Waals surface area contributed by atoms with Gasteiger partial charge < -0.3 is 5.32 Å². The van der Waals surface area contributed by atoms with Gasteiger partial charge in [-0.3, -0.25) is 0 Å². The van der Waals surface area contributed by atoms with Gasteiger partial charge in [0.1, 0.15) is 0 Å². The van der Waals surface area contributed by atoms with Gasteiger partial charge in [0.2, 0.25) is 0 Å². The molecule has 0 bridgehead atoms. The standard InChI is InChI=1S/C15H19BrN2S/c1-4-17-14(15-10(2)18-11(3)19-15)9-12-5-7-13(16)8-6-12/h5-8,14,17H,4,9H2,1-3H3. The average Bonchev–Trinajstić information content (AvgIpc) is 2.71. The lowest BCUT2D eigenvalue weighted by Gasteiger charge is -2.17. The van der Waals surface area contributed by atoms with Gasteiger partial charge in [-0.1, -0.05) is 35.0 Å². The van der Waals surface area contributed by atoms with E-state index in [0.29, 0.717) is 6.04 Å². The van der Waals surface area contributed by atoms with E-state index < -0.39 is 0 Å². The van der Waals surface area contributed by atoms with Gasteiger partial charge >= 0.3 is 0 Å². The first kappa shape index (κ1) is 14.7. The van der Waals surface area contributed by atoms with Crippen molar-refractivity contribution in [2.45, 2.75) is 33.2 Å². The average molecular weight is 339 g/mol. The Kier molecular flexibility index (Phi) is 5.13. The minimum Gasteiger partial charge on any atom is -0.309 e. The maximum Gasteiger partial charge on any atom is 0.0900 e. The molecule has 1 atom stereocenters. The van der Waals surface area contributed by atoms with Gasteiger partial charge in [-0.2, -0.15) is 0 Å². The molecule has 2 aromatic rings. The molecule has 0 aliphatic carbocycles. The summed E-state index contributed by atoms with van der Waals surface area (Å²) in [4.78, 5) is 5.90.